The summed E-state index contributed by atoms with van der Waals surface area (Å²) in [5.74, 6) is -0.463. The van der Waals surface area contributed by atoms with Crippen molar-refractivity contribution in [3.05, 3.63) is 29.3 Å². The highest BCUT2D eigenvalue weighted by atomic mass is 16.5. The smallest absolute Gasteiger partial charge is 0.312 e. The Morgan fingerprint density at radius 2 is 2.40 bits per heavy atom. The predicted molar refractivity (Wildman–Crippen MR) is 55.1 cm³/mol. The molecule has 1 aromatic rings. The zero-order valence-electron chi connectivity index (χ0n) is 8.49. The highest BCUT2D eigenvalue weighted by Crippen LogP contribution is 2.27. The van der Waals surface area contributed by atoms with Gasteiger partial charge in [-0.05, 0) is 23.3 Å². The number of rotatable bonds is 2. The van der Waals surface area contributed by atoms with Crippen molar-refractivity contribution in [2.75, 3.05) is 13.7 Å². The molecule has 0 unspecified atom stereocenters. The number of carboxylic acids is 1. The van der Waals surface area contributed by atoms with E-state index in [0.29, 0.717) is 13.1 Å². The van der Waals surface area contributed by atoms with Crippen LogP contribution in [0.3, 0.4) is 0 Å². The van der Waals surface area contributed by atoms with Gasteiger partial charge < -0.3 is 15.2 Å². The zero-order valence-corrected chi connectivity index (χ0v) is 8.49. The van der Waals surface area contributed by atoms with Crippen LogP contribution < -0.4 is 10.1 Å². The van der Waals surface area contributed by atoms with Gasteiger partial charge in [-0.3, -0.25) is 4.79 Å². The van der Waals surface area contributed by atoms with Crippen LogP contribution in [0.1, 0.15) is 17.0 Å². The third-order valence-electron chi connectivity index (χ3n) is 2.69. The monoisotopic (exact) mass is 207 g/mol. The molecule has 4 heteroatoms. The van der Waals surface area contributed by atoms with Crippen LogP contribution in [-0.2, 0) is 11.3 Å². The standard InChI is InChI=1S/C11H13NO3/c1-15-8-2-3-9-7(4-8)5-12-6-10(9)11(13)14/h2-4,10,12H,5-6H2,1H3,(H,13,14)/t10-/m0/s1. The molecule has 2 N–H and O–H groups in total. The summed E-state index contributed by atoms with van der Waals surface area (Å²) in [4.78, 5) is 11.0. The van der Waals surface area contributed by atoms with Crippen molar-refractivity contribution in [1.29, 1.82) is 0 Å². The highest BCUT2D eigenvalue weighted by molar-refractivity contribution is 5.77. The Bertz CT molecular complexity index is 389. The van der Waals surface area contributed by atoms with Gasteiger partial charge in [0.2, 0.25) is 0 Å². The van der Waals surface area contributed by atoms with E-state index in [9.17, 15) is 4.79 Å². The Kier molecular flexibility index (Phi) is 2.60. The first-order valence-corrected chi connectivity index (χ1v) is 4.82. The van der Waals surface area contributed by atoms with E-state index in [-0.39, 0.29) is 0 Å². The predicted octanol–water partition coefficient (Wildman–Crippen LogP) is 0.967. The second-order valence-corrected chi connectivity index (χ2v) is 3.59. The average Bonchev–Trinajstić information content (AvgIpc) is 2.27. The minimum Gasteiger partial charge on any atom is -0.497 e. The van der Waals surface area contributed by atoms with Crippen LogP contribution in [-0.4, -0.2) is 24.7 Å². The van der Waals surface area contributed by atoms with E-state index in [1.165, 1.54) is 0 Å². The Hall–Kier alpha value is -1.55. The van der Waals surface area contributed by atoms with E-state index < -0.39 is 11.9 Å². The van der Waals surface area contributed by atoms with E-state index >= 15 is 0 Å². The molecule has 0 amide bonds. The molecule has 0 aromatic heterocycles. The molecule has 80 valence electrons. The molecule has 1 aromatic carbocycles. The summed E-state index contributed by atoms with van der Waals surface area (Å²) in [5, 5.41) is 12.1. The fourth-order valence-electron chi connectivity index (χ4n) is 1.88. The Balaban J connectivity index is 2.40. The summed E-state index contributed by atoms with van der Waals surface area (Å²) >= 11 is 0. The van der Waals surface area contributed by atoms with Gasteiger partial charge in [-0.15, -0.1) is 0 Å². The van der Waals surface area contributed by atoms with Gasteiger partial charge in [-0.1, -0.05) is 6.07 Å². The zero-order chi connectivity index (χ0) is 10.8. The van der Waals surface area contributed by atoms with Gasteiger partial charge in [0.15, 0.2) is 0 Å². The van der Waals surface area contributed by atoms with Crippen molar-refractivity contribution < 1.29 is 14.6 Å². The summed E-state index contributed by atoms with van der Waals surface area (Å²) in [7, 11) is 1.60. The maximum Gasteiger partial charge on any atom is 0.312 e. The lowest BCUT2D eigenvalue weighted by molar-refractivity contribution is -0.138. The van der Waals surface area contributed by atoms with Gasteiger partial charge >= 0.3 is 5.97 Å². The van der Waals surface area contributed by atoms with Crippen LogP contribution in [0.5, 0.6) is 5.75 Å². The lowest BCUT2D eigenvalue weighted by Gasteiger charge is -2.23. The first-order chi connectivity index (χ1) is 7.22. The average molecular weight is 207 g/mol. The summed E-state index contributed by atoms with van der Waals surface area (Å²) in [6.07, 6.45) is 0. The summed E-state index contributed by atoms with van der Waals surface area (Å²) < 4.78 is 5.10. The lowest BCUT2D eigenvalue weighted by Crippen LogP contribution is -2.32. The number of ether oxygens (including phenoxy) is 1. The molecule has 1 atom stereocenters. The highest BCUT2D eigenvalue weighted by Gasteiger charge is 2.25. The van der Waals surface area contributed by atoms with Crippen molar-refractivity contribution in [2.24, 2.45) is 0 Å². The minimum absolute atomic E-state index is 0.445. The maximum absolute atomic E-state index is 11.0. The van der Waals surface area contributed by atoms with Crippen LogP contribution >= 0.6 is 0 Å². The molecule has 0 spiro atoms. The number of fused-ring (bicyclic) bond motifs is 1. The Labute approximate surface area is 87.9 Å². The van der Waals surface area contributed by atoms with Gasteiger partial charge in [0, 0.05) is 13.1 Å². The fraction of sp³-hybridized carbons (Fsp3) is 0.364. The molecule has 0 saturated carbocycles. The molecule has 0 fully saturated rings. The van der Waals surface area contributed by atoms with Gasteiger partial charge in [-0.2, -0.15) is 0 Å². The molecule has 15 heavy (non-hydrogen) atoms. The second kappa shape index (κ2) is 3.90. The largest absolute Gasteiger partial charge is 0.497 e. The molecule has 1 aliphatic rings. The Morgan fingerprint density at radius 1 is 1.60 bits per heavy atom. The summed E-state index contributed by atoms with van der Waals surface area (Å²) in [6, 6.07) is 5.53. The first kappa shape index (κ1) is 9.98. The quantitative estimate of drug-likeness (QED) is 0.758. The van der Waals surface area contributed by atoms with E-state index in [1.807, 2.05) is 12.1 Å². The van der Waals surface area contributed by atoms with Crippen molar-refractivity contribution in [3.8, 4) is 5.75 Å². The summed E-state index contributed by atoms with van der Waals surface area (Å²) in [6.45, 7) is 1.20. The molecule has 0 bridgehead atoms. The number of hydrogen-bond donors (Lipinski definition) is 2. The molecule has 2 rings (SSSR count). The van der Waals surface area contributed by atoms with E-state index in [0.717, 1.165) is 16.9 Å². The molecular formula is C11H13NO3. The van der Waals surface area contributed by atoms with Gasteiger partial charge in [-0.25, -0.2) is 0 Å². The van der Waals surface area contributed by atoms with Crippen LogP contribution in [0.2, 0.25) is 0 Å². The lowest BCUT2D eigenvalue weighted by atomic mass is 9.91. The SMILES string of the molecule is COc1ccc2c(c1)CNC[C@@H]2C(=O)O. The Morgan fingerprint density at radius 3 is 3.07 bits per heavy atom. The van der Waals surface area contributed by atoms with Crippen LogP contribution in [0.25, 0.3) is 0 Å². The second-order valence-electron chi connectivity index (χ2n) is 3.59. The number of nitrogens with one attached hydrogen (secondary N) is 1. The maximum atomic E-state index is 11.0. The molecule has 1 heterocycles. The van der Waals surface area contributed by atoms with E-state index in [4.69, 9.17) is 9.84 Å². The van der Waals surface area contributed by atoms with Crippen molar-refractivity contribution in [1.82, 2.24) is 5.32 Å². The van der Waals surface area contributed by atoms with Gasteiger partial charge in [0.05, 0.1) is 13.0 Å². The topological polar surface area (TPSA) is 58.6 Å². The molecular weight excluding hydrogens is 194 g/mol. The molecule has 0 aliphatic carbocycles. The van der Waals surface area contributed by atoms with Crippen molar-refractivity contribution in [2.45, 2.75) is 12.5 Å². The van der Waals surface area contributed by atoms with Gasteiger partial charge in [0.25, 0.3) is 0 Å². The van der Waals surface area contributed by atoms with Crippen molar-refractivity contribution in [3.63, 3.8) is 0 Å². The first-order valence-electron chi connectivity index (χ1n) is 4.82. The number of hydrogen-bond acceptors (Lipinski definition) is 3. The molecule has 0 saturated heterocycles. The van der Waals surface area contributed by atoms with Crippen molar-refractivity contribution >= 4 is 5.97 Å². The number of benzene rings is 1. The number of carboxylic acid groups (broad SMARTS) is 1. The number of carbonyl (C=O) groups is 1. The third kappa shape index (κ3) is 1.80. The van der Waals surface area contributed by atoms with Gasteiger partial charge in [0.1, 0.15) is 5.75 Å². The van der Waals surface area contributed by atoms with E-state index in [2.05, 4.69) is 5.32 Å². The van der Waals surface area contributed by atoms with Crippen LogP contribution in [0.4, 0.5) is 0 Å². The normalized spacial score (nSPS) is 19.4. The van der Waals surface area contributed by atoms with Crippen LogP contribution in [0.15, 0.2) is 18.2 Å². The number of methoxy groups -OCH3 is 1. The number of aliphatic carboxylic acids is 1. The third-order valence-corrected chi connectivity index (χ3v) is 2.69. The fourth-order valence-corrected chi connectivity index (χ4v) is 1.88. The minimum atomic E-state index is -0.784. The summed E-state index contributed by atoms with van der Waals surface area (Å²) in [5.41, 5.74) is 1.90. The molecule has 1 aliphatic heterocycles. The molecule has 0 radical (unpaired) electrons. The van der Waals surface area contributed by atoms with E-state index in [1.54, 1.807) is 13.2 Å². The van der Waals surface area contributed by atoms with Crippen LogP contribution in [0, 0.1) is 0 Å². The molecule has 4 nitrogen and oxygen atoms in total.